The summed E-state index contributed by atoms with van der Waals surface area (Å²) < 4.78 is 6.48. The van der Waals surface area contributed by atoms with E-state index in [2.05, 4.69) is 25.7 Å². The van der Waals surface area contributed by atoms with E-state index in [9.17, 15) is 4.79 Å². The number of nitrogens with one attached hydrogen (secondary N) is 2. The van der Waals surface area contributed by atoms with Crippen LogP contribution in [0.4, 0.5) is 5.69 Å². The Morgan fingerprint density at radius 2 is 2.35 bits per heavy atom. The topological polar surface area (TPSA) is 97.2 Å². The first kappa shape index (κ1) is 12.2. The number of fused-ring (bicyclic) bond motifs is 1. The van der Waals surface area contributed by atoms with Gasteiger partial charge in [-0.1, -0.05) is 0 Å². The van der Waals surface area contributed by atoms with Gasteiger partial charge in [0.15, 0.2) is 0 Å². The number of amides is 1. The number of anilines is 1. The van der Waals surface area contributed by atoms with Crippen LogP contribution in [0.2, 0.25) is 0 Å². The fraction of sp³-hybridized carbons (Fsp3) is 0.167. The third kappa shape index (κ3) is 1.87. The van der Waals surface area contributed by atoms with E-state index >= 15 is 0 Å². The quantitative estimate of drug-likeness (QED) is 0.742. The predicted octanol–water partition coefficient (Wildman–Crippen LogP) is 1.02. The number of rotatable bonds is 3. The van der Waals surface area contributed by atoms with Crippen molar-refractivity contribution in [1.82, 2.24) is 25.0 Å². The van der Waals surface area contributed by atoms with Gasteiger partial charge in [-0.25, -0.2) is 5.10 Å². The summed E-state index contributed by atoms with van der Waals surface area (Å²) in [5.74, 6) is 0.107. The molecule has 3 aromatic heterocycles. The van der Waals surface area contributed by atoms with Crippen LogP contribution < -0.4 is 10.1 Å². The summed E-state index contributed by atoms with van der Waals surface area (Å²) in [6.45, 7) is 1.76. The fourth-order valence-corrected chi connectivity index (χ4v) is 1.99. The van der Waals surface area contributed by atoms with Gasteiger partial charge in [0.2, 0.25) is 5.88 Å². The lowest BCUT2D eigenvalue weighted by molar-refractivity contribution is 0.102. The zero-order valence-corrected chi connectivity index (χ0v) is 10.9. The Morgan fingerprint density at radius 3 is 3.15 bits per heavy atom. The van der Waals surface area contributed by atoms with E-state index in [0.29, 0.717) is 28.3 Å². The summed E-state index contributed by atoms with van der Waals surface area (Å²) in [6.07, 6.45) is 3.09. The van der Waals surface area contributed by atoms with Gasteiger partial charge >= 0.3 is 0 Å². The Balaban J connectivity index is 1.99. The minimum absolute atomic E-state index is 0.287. The second-order valence-electron chi connectivity index (χ2n) is 4.13. The second-order valence-corrected chi connectivity index (χ2v) is 4.13. The van der Waals surface area contributed by atoms with Gasteiger partial charge in [0, 0.05) is 6.20 Å². The Morgan fingerprint density at radius 1 is 1.50 bits per heavy atom. The molecule has 2 N–H and O–H groups in total. The number of H-pyrrole nitrogens is 1. The van der Waals surface area contributed by atoms with E-state index in [1.54, 1.807) is 25.3 Å². The summed E-state index contributed by atoms with van der Waals surface area (Å²) in [6, 6.07) is 3.54. The zero-order valence-electron chi connectivity index (χ0n) is 10.9. The lowest BCUT2D eigenvalue weighted by Gasteiger charge is -2.04. The van der Waals surface area contributed by atoms with Crippen molar-refractivity contribution in [2.45, 2.75) is 6.92 Å². The number of aromatic amines is 1. The first-order valence-corrected chi connectivity index (χ1v) is 5.90. The van der Waals surface area contributed by atoms with Crippen molar-refractivity contribution < 1.29 is 9.53 Å². The van der Waals surface area contributed by atoms with Crippen molar-refractivity contribution in [1.29, 1.82) is 0 Å². The van der Waals surface area contributed by atoms with Gasteiger partial charge in [0.1, 0.15) is 11.2 Å². The molecule has 0 unspecified atom stereocenters. The number of carbonyl (C=O) groups excluding carboxylic acids is 1. The molecule has 3 rings (SSSR count). The van der Waals surface area contributed by atoms with Crippen molar-refractivity contribution in [2.75, 3.05) is 12.4 Å². The second kappa shape index (κ2) is 4.65. The number of carbonyl (C=O) groups is 1. The molecule has 0 spiro atoms. The molecule has 0 bridgehead atoms. The highest BCUT2D eigenvalue weighted by Crippen LogP contribution is 2.22. The number of hydrogen-bond donors (Lipinski definition) is 2. The lowest BCUT2D eigenvalue weighted by Crippen LogP contribution is -2.13. The molecule has 3 aromatic rings. The van der Waals surface area contributed by atoms with Gasteiger partial charge in [-0.15, -0.1) is 0 Å². The van der Waals surface area contributed by atoms with Crippen LogP contribution in [0.15, 0.2) is 24.5 Å². The summed E-state index contributed by atoms with van der Waals surface area (Å²) in [5, 5.41) is 17.4. The highest BCUT2D eigenvalue weighted by atomic mass is 16.5. The molecule has 8 heteroatoms. The molecule has 1 amide bonds. The predicted molar refractivity (Wildman–Crippen MR) is 70.8 cm³/mol. The van der Waals surface area contributed by atoms with E-state index < -0.39 is 0 Å². The Labute approximate surface area is 113 Å². The Bertz CT molecular complexity index is 775. The SMILES string of the molecule is COc1[nH]ncc1NC(=O)c1c(C)nn2ncccc12. The van der Waals surface area contributed by atoms with Crippen molar-refractivity contribution >= 4 is 17.1 Å². The van der Waals surface area contributed by atoms with Crippen molar-refractivity contribution in [3.8, 4) is 5.88 Å². The van der Waals surface area contributed by atoms with Gasteiger partial charge < -0.3 is 10.1 Å². The van der Waals surface area contributed by atoms with Crippen LogP contribution in [0.1, 0.15) is 16.1 Å². The molecule has 0 saturated heterocycles. The maximum atomic E-state index is 12.4. The number of aryl methyl sites for hydroxylation is 1. The summed E-state index contributed by atoms with van der Waals surface area (Å²) in [7, 11) is 1.49. The van der Waals surface area contributed by atoms with Crippen molar-refractivity contribution in [3.63, 3.8) is 0 Å². The van der Waals surface area contributed by atoms with Gasteiger partial charge in [0.05, 0.1) is 24.6 Å². The molecule has 102 valence electrons. The van der Waals surface area contributed by atoms with E-state index in [1.165, 1.54) is 17.9 Å². The van der Waals surface area contributed by atoms with Crippen LogP contribution in [0.25, 0.3) is 5.52 Å². The van der Waals surface area contributed by atoms with Gasteiger partial charge in [-0.3, -0.25) is 4.79 Å². The number of nitrogens with zero attached hydrogens (tertiary/aromatic N) is 4. The zero-order chi connectivity index (χ0) is 14.1. The highest BCUT2D eigenvalue weighted by Gasteiger charge is 2.19. The van der Waals surface area contributed by atoms with Crippen LogP contribution in [-0.4, -0.2) is 38.0 Å². The number of aromatic nitrogens is 5. The van der Waals surface area contributed by atoms with Crippen LogP contribution in [0, 0.1) is 6.92 Å². The van der Waals surface area contributed by atoms with Gasteiger partial charge in [0.25, 0.3) is 5.91 Å². The van der Waals surface area contributed by atoms with E-state index in [0.717, 1.165) is 0 Å². The molecule has 0 radical (unpaired) electrons. The monoisotopic (exact) mass is 272 g/mol. The van der Waals surface area contributed by atoms with Crippen LogP contribution in [-0.2, 0) is 0 Å². The van der Waals surface area contributed by atoms with E-state index in [-0.39, 0.29) is 5.91 Å². The van der Waals surface area contributed by atoms with Crippen LogP contribution in [0.5, 0.6) is 5.88 Å². The van der Waals surface area contributed by atoms with E-state index in [1.807, 2.05) is 0 Å². The minimum Gasteiger partial charge on any atom is -0.480 e. The van der Waals surface area contributed by atoms with Crippen LogP contribution in [0.3, 0.4) is 0 Å². The first-order valence-electron chi connectivity index (χ1n) is 5.90. The van der Waals surface area contributed by atoms with E-state index in [4.69, 9.17) is 4.74 Å². The largest absolute Gasteiger partial charge is 0.480 e. The Hall–Kier alpha value is -2.90. The van der Waals surface area contributed by atoms with Gasteiger partial charge in [-0.2, -0.15) is 19.9 Å². The molecule has 0 aromatic carbocycles. The minimum atomic E-state index is -0.287. The van der Waals surface area contributed by atoms with Crippen LogP contribution >= 0.6 is 0 Å². The average Bonchev–Trinajstić information content (AvgIpc) is 3.01. The molecule has 0 aliphatic heterocycles. The lowest BCUT2D eigenvalue weighted by atomic mass is 10.2. The first-order chi connectivity index (χ1) is 9.70. The highest BCUT2D eigenvalue weighted by molar-refractivity contribution is 6.10. The molecule has 0 aliphatic rings. The normalized spacial score (nSPS) is 10.7. The third-order valence-corrected chi connectivity index (χ3v) is 2.88. The fourth-order valence-electron chi connectivity index (χ4n) is 1.99. The number of ether oxygens (including phenoxy) is 1. The molecule has 8 nitrogen and oxygen atoms in total. The maximum Gasteiger partial charge on any atom is 0.260 e. The number of methoxy groups -OCH3 is 1. The molecule has 3 heterocycles. The molecule has 0 aliphatic carbocycles. The molecule has 20 heavy (non-hydrogen) atoms. The average molecular weight is 272 g/mol. The molecule has 0 atom stereocenters. The molecular weight excluding hydrogens is 260 g/mol. The summed E-state index contributed by atoms with van der Waals surface area (Å²) in [5.41, 5.74) is 2.19. The molecule has 0 fully saturated rings. The van der Waals surface area contributed by atoms with Crippen molar-refractivity contribution in [3.05, 3.63) is 35.8 Å². The third-order valence-electron chi connectivity index (χ3n) is 2.88. The molecular formula is C12H12N6O2. The standard InChI is InChI=1S/C12H12N6O2/c1-7-10(9-4-3-5-14-18(9)17-7)11(19)15-8-6-13-16-12(8)20-2/h3-6H,1-2H3,(H,13,16)(H,15,19). The van der Waals surface area contributed by atoms with Crippen molar-refractivity contribution in [2.24, 2.45) is 0 Å². The summed E-state index contributed by atoms with van der Waals surface area (Å²) in [4.78, 5) is 12.4. The summed E-state index contributed by atoms with van der Waals surface area (Å²) >= 11 is 0. The number of hydrogen-bond acceptors (Lipinski definition) is 5. The Kier molecular flexibility index (Phi) is 2.82. The molecule has 0 saturated carbocycles. The maximum absolute atomic E-state index is 12.4. The van der Waals surface area contributed by atoms with Gasteiger partial charge in [-0.05, 0) is 19.1 Å². The smallest absolute Gasteiger partial charge is 0.260 e.